The number of anilines is 2. The molecule has 0 saturated carbocycles. The third kappa shape index (κ3) is 11.3. The lowest BCUT2D eigenvalue weighted by Gasteiger charge is -2.12. The number of amides is 2. The van der Waals surface area contributed by atoms with Crippen molar-refractivity contribution >= 4 is 58.6 Å². The fourth-order valence-corrected chi connectivity index (χ4v) is 3.80. The number of hydrogen-bond acceptors (Lipinski definition) is 9. The SMILES string of the molecule is CN/N=C(/C)c1cc(NC(=O)c2cccc(C(=O)Nc3cccc(/C(C)=N\NC(=N)N)c3)c2)cc(/C(C)=N/NC(=N)N)c1.N=CN. The average molecular weight is 627 g/mol. The number of nitrogens with two attached hydrogens (primary N) is 3. The minimum Gasteiger partial charge on any atom is -0.390 e. The van der Waals surface area contributed by atoms with Gasteiger partial charge in [-0.2, -0.15) is 15.3 Å². The van der Waals surface area contributed by atoms with E-state index in [1.165, 1.54) is 6.07 Å². The number of nitrogens with one attached hydrogen (secondary N) is 8. The second-order valence-corrected chi connectivity index (χ2v) is 9.40. The van der Waals surface area contributed by atoms with Crippen LogP contribution in [0.3, 0.4) is 0 Å². The first-order valence-electron chi connectivity index (χ1n) is 13.6. The van der Waals surface area contributed by atoms with Gasteiger partial charge in [0.15, 0.2) is 0 Å². The van der Waals surface area contributed by atoms with Gasteiger partial charge in [-0.1, -0.05) is 18.2 Å². The van der Waals surface area contributed by atoms with E-state index in [0.717, 1.165) is 11.9 Å². The molecule has 0 aliphatic rings. The van der Waals surface area contributed by atoms with Crippen molar-refractivity contribution in [1.29, 1.82) is 16.2 Å². The summed E-state index contributed by atoms with van der Waals surface area (Å²) in [6, 6.07) is 18.7. The molecule has 16 nitrogen and oxygen atoms in total. The Morgan fingerprint density at radius 3 is 1.54 bits per heavy atom. The number of nitrogens with zero attached hydrogens (tertiary/aromatic N) is 3. The van der Waals surface area contributed by atoms with Gasteiger partial charge >= 0.3 is 0 Å². The predicted octanol–water partition coefficient (Wildman–Crippen LogP) is 2.10. The third-order valence-electron chi connectivity index (χ3n) is 5.92. The lowest BCUT2D eigenvalue weighted by atomic mass is 10.0. The summed E-state index contributed by atoms with van der Waals surface area (Å²) in [5.74, 6) is -1.43. The Labute approximate surface area is 266 Å². The summed E-state index contributed by atoms with van der Waals surface area (Å²) in [5, 5.41) is 38.5. The average Bonchev–Trinajstić information content (AvgIpc) is 3.02. The Morgan fingerprint density at radius 1 is 0.652 bits per heavy atom. The fourth-order valence-electron chi connectivity index (χ4n) is 3.80. The van der Waals surface area contributed by atoms with E-state index in [0.29, 0.717) is 39.6 Å². The zero-order chi connectivity index (χ0) is 34.2. The normalized spacial score (nSPS) is 11.3. The molecular formula is C30H38N14O2. The highest BCUT2D eigenvalue weighted by molar-refractivity contribution is 6.11. The quantitative estimate of drug-likeness (QED) is 0.0898. The molecule has 3 aromatic carbocycles. The van der Waals surface area contributed by atoms with Gasteiger partial charge in [0.1, 0.15) is 0 Å². The summed E-state index contributed by atoms with van der Waals surface area (Å²) in [6.45, 7) is 5.29. The molecule has 0 aliphatic carbocycles. The van der Waals surface area contributed by atoms with Crippen LogP contribution in [-0.2, 0) is 0 Å². The molecule has 240 valence electrons. The molecule has 0 spiro atoms. The second-order valence-electron chi connectivity index (χ2n) is 9.40. The van der Waals surface area contributed by atoms with Gasteiger partial charge in [-0.15, -0.1) is 0 Å². The number of carbonyl (C=O) groups is 2. The van der Waals surface area contributed by atoms with Crippen molar-refractivity contribution < 1.29 is 9.59 Å². The van der Waals surface area contributed by atoms with E-state index < -0.39 is 11.8 Å². The van der Waals surface area contributed by atoms with Gasteiger partial charge in [0.25, 0.3) is 11.8 Å². The van der Waals surface area contributed by atoms with Crippen molar-refractivity contribution in [3.8, 4) is 0 Å². The highest BCUT2D eigenvalue weighted by atomic mass is 16.2. The summed E-state index contributed by atoms with van der Waals surface area (Å²) in [4.78, 5) is 26.3. The molecule has 14 N–H and O–H groups in total. The minimum absolute atomic E-state index is 0.274. The summed E-state index contributed by atoms with van der Waals surface area (Å²) < 4.78 is 0. The van der Waals surface area contributed by atoms with E-state index in [-0.39, 0.29) is 23.0 Å². The monoisotopic (exact) mass is 626 g/mol. The lowest BCUT2D eigenvalue weighted by molar-refractivity contribution is 0.102. The number of carbonyl (C=O) groups excluding carboxylic acids is 2. The van der Waals surface area contributed by atoms with Crippen molar-refractivity contribution in [1.82, 2.24) is 16.3 Å². The van der Waals surface area contributed by atoms with E-state index in [1.807, 2.05) is 13.0 Å². The van der Waals surface area contributed by atoms with E-state index in [4.69, 9.17) is 27.7 Å². The maximum Gasteiger partial charge on any atom is 0.255 e. The zero-order valence-corrected chi connectivity index (χ0v) is 25.8. The van der Waals surface area contributed by atoms with Crippen LogP contribution in [0.4, 0.5) is 11.4 Å². The van der Waals surface area contributed by atoms with Gasteiger partial charge in [-0.3, -0.25) is 25.8 Å². The number of hydrogen-bond donors (Lipinski definition) is 11. The molecule has 0 atom stereocenters. The number of benzene rings is 3. The first-order chi connectivity index (χ1) is 21.9. The molecule has 0 heterocycles. The topological polar surface area (TPSA) is 281 Å². The maximum atomic E-state index is 13.3. The third-order valence-corrected chi connectivity index (χ3v) is 5.92. The van der Waals surface area contributed by atoms with Gasteiger partial charge in [0.05, 0.1) is 23.5 Å². The van der Waals surface area contributed by atoms with Crippen LogP contribution >= 0.6 is 0 Å². The molecule has 3 rings (SSSR count). The van der Waals surface area contributed by atoms with Crippen molar-refractivity contribution in [2.75, 3.05) is 17.7 Å². The largest absolute Gasteiger partial charge is 0.390 e. The van der Waals surface area contributed by atoms with Crippen LogP contribution in [-0.4, -0.2) is 54.3 Å². The van der Waals surface area contributed by atoms with Gasteiger partial charge in [0, 0.05) is 40.7 Å². The number of guanidine groups is 2. The molecule has 0 fully saturated rings. The van der Waals surface area contributed by atoms with Gasteiger partial charge in [-0.05, 0) is 74.9 Å². The predicted molar refractivity (Wildman–Crippen MR) is 184 cm³/mol. The number of rotatable bonds is 10. The molecule has 0 unspecified atom stereocenters. The zero-order valence-electron chi connectivity index (χ0n) is 25.8. The molecule has 46 heavy (non-hydrogen) atoms. The Bertz CT molecular complexity index is 1690. The molecule has 3 aromatic rings. The molecular weight excluding hydrogens is 588 g/mol. The summed E-state index contributed by atoms with van der Waals surface area (Å²) in [7, 11) is 1.68. The Kier molecular flexibility index (Phi) is 13.6. The summed E-state index contributed by atoms with van der Waals surface area (Å²) in [6.07, 6.45) is 0.750. The summed E-state index contributed by atoms with van der Waals surface area (Å²) in [5.41, 5.74) is 28.0. The Balaban J connectivity index is 0.00000236. The Hall–Kier alpha value is -6.58. The van der Waals surface area contributed by atoms with Crippen LogP contribution in [0.2, 0.25) is 0 Å². The molecule has 0 aromatic heterocycles. The van der Waals surface area contributed by atoms with E-state index >= 15 is 0 Å². The lowest BCUT2D eigenvalue weighted by Crippen LogP contribution is -2.26. The summed E-state index contributed by atoms with van der Waals surface area (Å²) >= 11 is 0. The smallest absolute Gasteiger partial charge is 0.255 e. The van der Waals surface area contributed by atoms with Crippen LogP contribution in [0.15, 0.2) is 82.0 Å². The first kappa shape index (κ1) is 35.6. The Morgan fingerprint density at radius 2 is 1.04 bits per heavy atom. The standard InChI is InChI=1S/C29H34N12O2.CH4N2/c1-16(38-40-28(30)31)19-7-6-10-24(13-19)35-26(42)20-8-5-9-21(11-20)27(43)36-25-14-22(17(2)37-34-4)12-23(15-25)18(3)39-41-29(32)33;2-1-3/h5-15,34H,1-4H3,(H,35,42)(H,36,43)(H4,30,31,40)(H4,32,33,41);1H,(H3,2,3)/b37-17-,38-16-,39-18+;. The van der Waals surface area contributed by atoms with Crippen LogP contribution < -0.4 is 44.1 Å². The molecule has 0 aliphatic heterocycles. The molecule has 16 heteroatoms. The maximum absolute atomic E-state index is 13.3. The van der Waals surface area contributed by atoms with Gasteiger partial charge in [0.2, 0.25) is 11.9 Å². The van der Waals surface area contributed by atoms with Gasteiger partial charge < -0.3 is 33.3 Å². The second kappa shape index (κ2) is 17.5. The highest BCUT2D eigenvalue weighted by Gasteiger charge is 2.14. The van der Waals surface area contributed by atoms with Crippen LogP contribution in [0.5, 0.6) is 0 Å². The van der Waals surface area contributed by atoms with Crippen LogP contribution in [0, 0.1) is 16.2 Å². The fraction of sp³-hybridized carbons (Fsp3) is 0.133. The molecule has 0 radical (unpaired) electrons. The van der Waals surface area contributed by atoms with Crippen molar-refractivity contribution in [3.63, 3.8) is 0 Å². The highest BCUT2D eigenvalue weighted by Crippen LogP contribution is 2.19. The van der Waals surface area contributed by atoms with Crippen molar-refractivity contribution in [2.45, 2.75) is 20.8 Å². The van der Waals surface area contributed by atoms with Crippen molar-refractivity contribution in [2.24, 2.45) is 32.5 Å². The minimum atomic E-state index is -0.427. The van der Waals surface area contributed by atoms with E-state index in [2.05, 4.69) is 47.9 Å². The molecule has 2 amide bonds. The molecule has 0 saturated heterocycles. The van der Waals surface area contributed by atoms with Gasteiger partial charge in [-0.25, -0.2) is 10.9 Å². The van der Waals surface area contributed by atoms with Crippen molar-refractivity contribution in [3.05, 3.63) is 94.5 Å². The van der Waals surface area contributed by atoms with E-state index in [1.54, 1.807) is 75.5 Å². The molecule has 0 bridgehead atoms. The number of hydrazone groups is 3. The first-order valence-corrected chi connectivity index (χ1v) is 13.6. The van der Waals surface area contributed by atoms with E-state index in [9.17, 15) is 9.59 Å². The van der Waals surface area contributed by atoms with Crippen LogP contribution in [0.25, 0.3) is 0 Å². The van der Waals surface area contributed by atoms with Crippen LogP contribution in [0.1, 0.15) is 58.2 Å².